The lowest BCUT2D eigenvalue weighted by molar-refractivity contribution is 0.410. The molecule has 1 heterocycles. The number of nitrogens with one attached hydrogen (secondary N) is 2. The van der Waals surface area contributed by atoms with E-state index in [1.807, 2.05) is 0 Å². The molecule has 1 fully saturated rings. The molecule has 1 aromatic heterocycles. The van der Waals surface area contributed by atoms with Crippen LogP contribution >= 0.6 is 11.6 Å². The van der Waals surface area contributed by atoms with Gasteiger partial charge in [-0.3, -0.25) is 4.79 Å². The largest absolute Gasteiger partial charge is 0.366 e. The molecule has 0 aliphatic heterocycles. The van der Waals surface area contributed by atoms with Crippen molar-refractivity contribution in [3.8, 4) is 0 Å². The first-order valence-electron chi connectivity index (χ1n) is 5.42. The monoisotopic (exact) mass is 242 g/mol. The molecule has 0 atom stereocenters. The second-order valence-corrected chi connectivity index (χ2v) is 4.53. The molecule has 0 amide bonds. The number of halogens is 1. The first-order valence-corrected chi connectivity index (χ1v) is 5.80. The summed E-state index contributed by atoms with van der Waals surface area (Å²) in [6.45, 7) is 0. The highest BCUT2D eigenvalue weighted by atomic mass is 35.5. The normalized spacial score (nSPS) is 25.4. The number of aromatic amines is 1. The molecule has 16 heavy (non-hydrogen) atoms. The second-order valence-electron chi connectivity index (χ2n) is 4.15. The lowest BCUT2D eigenvalue weighted by atomic mass is 9.92. The van der Waals surface area contributed by atoms with Crippen LogP contribution in [0.4, 0.5) is 5.82 Å². The third kappa shape index (κ3) is 2.54. The Kier molecular flexibility index (Phi) is 3.46. The van der Waals surface area contributed by atoms with E-state index in [1.54, 1.807) is 0 Å². The first-order chi connectivity index (χ1) is 7.66. The fraction of sp³-hybridized carbons (Fsp3) is 0.600. The number of rotatable bonds is 2. The maximum atomic E-state index is 11.2. The lowest BCUT2D eigenvalue weighted by Gasteiger charge is -2.27. The van der Waals surface area contributed by atoms with Gasteiger partial charge in [-0.1, -0.05) is 11.6 Å². The van der Waals surface area contributed by atoms with Crippen LogP contribution in [0.5, 0.6) is 0 Å². The summed E-state index contributed by atoms with van der Waals surface area (Å²) in [7, 11) is 0. The van der Waals surface area contributed by atoms with Crippen LogP contribution in [0.1, 0.15) is 25.7 Å². The van der Waals surface area contributed by atoms with Gasteiger partial charge in [-0.25, -0.2) is 4.98 Å². The molecule has 1 aliphatic carbocycles. The van der Waals surface area contributed by atoms with E-state index >= 15 is 0 Å². The van der Waals surface area contributed by atoms with Gasteiger partial charge < -0.3 is 16.0 Å². The van der Waals surface area contributed by atoms with Crippen molar-refractivity contribution in [2.24, 2.45) is 5.73 Å². The summed E-state index contributed by atoms with van der Waals surface area (Å²) in [4.78, 5) is 17.7. The van der Waals surface area contributed by atoms with Crippen molar-refractivity contribution < 1.29 is 0 Å². The maximum absolute atomic E-state index is 11.2. The molecule has 0 bridgehead atoms. The number of hydrogen-bond donors (Lipinski definition) is 3. The van der Waals surface area contributed by atoms with Crippen LogP contribution in [0, 0.1) is 0 Å². The van der Waals surface area contributed by atoms with E-state index in [-0.39, 0.29) is 10.6 Å². The van der Waals surface area contributed by atoms with Crippen molar-refractivity contribution in [1.29, 1.82) is 0 Å². The number of nitrogens with zero attached hydrogens (tertiary/aromatic N) is 1. The van der Waals surface area contributed by atoms with E-state index in [0.717, 1.165) is 25.7 Å². The molecule has 1 aliphatic rings. The molecule has 1 saturated carbocycles. The smallest absolute Gasteiger partial charge is 0.271 e. The molecule has 2 rings (SSSR count). The molecule has 0 saturated heterocycles. The summed E-state index contributed by atoms with van der Waals surface area (Å²) in [5, 5.41) is 3.31. The van der Waals surface area contributed by atoms with E-state index in [4.69, 9.17) is 17.3 Å². The predicted molar refractivity (Wildman–Crippen MR) is 63.7 cm³/mol. The first kappa shape index (κ1) is 11.4. The minimum atomic E-state index is -0.313. The Morgan fingerprint density at radius 3 is 2.81 bits per heavy atom. The van der Waals surface area contributed by atoms with Crippen molar-refractivity contribution in [2.45, 2.75) is 37.8 Å². The lowest BCUT2D eigenvalue weighted by Crippen LogP contribution is -2.33. The van der Waals surface area contributed by atoms with Crippen molar-refractivity contribution >= 4 is 17.4 Å². The van der Waals surface area contributed by atoms with Gasteiger partial charge in [0.25, 0.3) is 5.56 Å². The zero-order valence-electron chi connectivity index (χ0n) is 8.87. The molecular formula is C10H15ClN4O. The fourth-order valence-corrected chi connectivity index (χ4v) is 2.10. The van der Waals surface area contributed by atoms with Crippen LogP contribution in [0.2, 0.25) is 5.02 Å². The van der Waals surface area contributed by atoms with Gasteiger partial charge in [0.1, 0.15) is 5.02 Å². The van der Waals surface area contributed by atoms with Gasteiger partial charge in [-0.2, -0.15) is 0 Å². The Morgan fingerprint density at radius 1 is 1.44 bits per heavy atom. The van der Waals surface area contributed by atoms with Gasteiger partial charge in [0.2, 0.25) is 0 Å². The highest BCUT2D eigenvalue weighted by Crippen LogP contribution is 2.22. The topological polar surface area (TPSA) is 83.8 Å². The van der Waals surface area contributed by atoms with Crippen LogP contribution in [0.15, 0.2) is 11.1 Å². The molecule has 0 radical (unpaired) electrons. The molecule has 0 unspecified atom stereocenters. The van der Waals surface area contributed by atoms with E-state index in [2.05, 4.69) is 15.3 Å². The van der Waals surface area contributed by atoms with Crippen LogP contribution in [0.25, 0.3) is 0 Å². The number of aromatic nitrogens is 2. The van der Waals surface area contributed by atoms with E-state index in [0.29, 0.717) is 17.9 Å². The average molecular weight is 243 g/mol. The minimum absolute atomic E-state index is 0.123. The van der Waals surface area contributed by atoms with Gasteiger partial charge in [0.05, 0.1) is 6.33 Å². The van der Waals surface area contributed by atoms with E-state index in [1.165, 1.54) is 6.33 Å². The third-order valence-electron chi connectivity index (χ3n) is 2.91. The molecule has 6 heteroatoms. The van der Waals surface area contributed by atoms with Crippen molar-refractivity contribution in [3.05, 3.63) is 21.7 Å². The molecule has 4 N–H and O–H groups in total. The quantitative estimate of drug-likeness (QED) is 0.725. The molecule has 88 valence electrons. The van der Waals surface area contributed by atoms with Crippen LogP contribution < -0.4 is 16.6 Å². The molecule has 0 aromatic carbocycles. The number of hydrogen-bond acceptors (Lipinski definition) is 4. The average Bonchev–Trinajstić information content (AvgIpc) is 2.28. The summed E-state index contributed by atoms with van der Waals surface area (Å²) in [6.07, 6.45) is 5.33. The molecule has 5 nitrogen and oxygen atoms in total. The second kappa shape index (κ2) is 4.84. The summed E-state index contributed by atoms with van der Waals surface area (Å²) >= 11 is 5.85. The molecule has 0 spiro atoms. The van der Waals surface area contributed by atoms with Gasteiger partial charge in [0.15, 0.2) is 5.82 Å². The van der Waals surface area contributed by atoms with Crippen LogP contribution in [0.3, 0.4) is 0 Å². The van der Waals surface area contributed by atoms with Gasteiger partial charge in [-0.15, -0.1) is 0 Å². The Bertz CT molecular complexity index is 412. The fourth-order valence-electron chi connectivity index (χ4n) is 1.94. The minimum Gasteiger partial charge on any atom is -0.366 e. The highest BCUT2D eigenvalue weighted by molar-refractivity contribution is 6.32. The zero-order chi connectivity index (χ0) is 11.5. The maximum Gasteiger partial charge on any atom is 0.271 e. The Labute approximate surface area is 98.4 Å². The Morgan fingerprint density at radius 2 is 2.12 bits per heavy atom. The van der Waals surface area contributed by atoms with Gasteiger partial charge in [-0.05, 0) is 25.7 Å². The number of H-pyrrole nitrogens is 1. The number of nitrogens with two attached hydrogens (primary N) is 1. The van der Waals surface area contributed by atoms with Crippen LogP contribution in [-0.4, -0.2) is 22.1 Å². The van der Waals surface area contributed by atoms with Crippen molar-refractivity contribution in [3.63, 3.8) is 0 Å². The SMILES string of the molecule is NC1CCC(Nc2nc[nH]c(=O)c2Cl)CC1. The van der Waals surface area contributed by atoms with Crippen LogP contribution in [-0.2, 0) is 0 Å². The third-order valence-corrected chi connectivity index (χ3v) is 3.26. The zero-order valence-corrected chi connectivity index (χ0v) is 9.63. The van der Waals surface area contributed by atoms with Crippen molar-refractivity contribution in [1.82, 2.24) is 9.97 Å². The highest BCUT2D eigenvalue weighted by Gasteiger charge is 2.19. The summed E-state index contributed by atoms with van der Waals surface area (Å²) in [5.74, 6) is 0.464. The van der Waals surface area contributed by atoms with E-state index in [9.17, 15) is 4.79 Å². The standard InChI is InChI=1S/C10H15ClN4O/c11-8-9(13-5-14-10(8)16)15-7-3-1-6(12)2-4-7/h5-7H,1-4,12H2,(H2,13,14,15,16). The summed E-state index contributed by atoms with van der Waals surface area (Å²) < 4.78 is 0. The number of anilines is 1. The summed E-state index contributed by atoms with van der Waals surface area (Å²) in [6, 6.07) is 0.618. The summed E-state index contributed by atoms with van der Waals surface area (Å²) in [5.41, 5.74) is 5.51. The van der Waals surface area contributed by atoms with Crippen molar-refractivity contribution in [2.75, 3.05) is 5.32 Å². The Balaban J connectivity index is 2.04. The van der Waals surface area contributed by atoms with Gasteiger partial charge in [0, 0.05) is 12.1 Å². The van der Waals surface area contributed by atoms with E-state index < -0.39 is 0 Å². The Hall–Kier alpha value is -1.07. The predicted octanol–water partition coefficient (Wildman–Crippen LogP) is 1.11. The molecular weight excluding hydrogens is 228 g/mol. The molecule has 1 aromatic rings. The van der Waals surface area contributed by atoms with Gasteiger partial charge >= 0.3 is 0 Å².